The quantitative estimate of drug-likeness (QED) is 0.348. The molecule has 0 aliphatic carbocycles. The van der Waals surface area contributed by atoms with Crippen LogP contribution in [-0.4, -0.2) is 77.0 Å². The molecule has 1 saturated heterocycles. The fourth-order valence-corrected chi connectivity index (χ4v) is 3.51. The van der Waals surface area contributed by atoms with E-state index in [1.54, 1.807) is 12.1 Å². The summed E-state index contributed by atoms with van der Waals surface area (Å²) in [5, 5.41) is 11.5. The minimum Gasteiger partial charge on any atom is -0.384 e. The van der Waals surface area contributed by atoms with Gasteiger partial charge >= 0.3 is 12.2 Å². The Kier molecular flexibility index (Phi) is 9.10. The maximum atomic E-state index is 13.9. The minimum atomic E-state index is -4.62. The van der Waals surface area contributed by atoms with Gasteiger partial charge in [-0.05, 0) is 43.7 Å². The number of aromatic amines is 1. The van der Waals surface area contributed by atoms with Crippen molar-refractivity contribution >= 4 is 17.7 Å². The van der Waals surface area contributed by atoms with Crippen molar-refractivity contribution in [3.05, 3.63) is 71.2 Å². The number of anilines is 2. The lowest BCUT2D eigenvalue weighted by atomic mass is 10.1. The number of halogens is 3. The van der Waals surface area contributed by atoms with Crippen molar-refractivity contribution in [2.24, 2.45) is 0 Å². The van der Waals surface area contributed by atoms with E-state index in [0.29, 0.717) is 30.2 Å². The number of piperazine rings is 1. The van der Waals surface area contributed by atoms with Gasteiger partial charge in [0, 0.05) is 56.2 Å². The molecule has 3 rings (SSSR count). The van der Waals surface area contributed by atoms with Crippen LogP contribution in [0.4, 0.5) is 29.6 Å². The van der Waals surface area contributed by atoms with E-state index in [9.17, 15) is 18.0 Å². The molecule has 1 fully saturated rings. The number of nitrogens with one attached hydrogen (secondary N) is 3. The highest BCUT2D eigenvalue weighted by Gasteiger charge is 2.35. The Hall–Kier alpha value is -4.08. The molecule has 2 amide bonds. The summed E-state index contributed by atoms with van der Waals surface area (Å²) in [5.74, 6) is 6.23. The molecule has 1 aliphatic rings. The van der Waals surface area contributed by atoms with Gasteiger partial charge in [0.15, 0.2) is 5.82 Å². The van der Waals surface area contributed by atoms with Gasteiger partial charge in [0.25, 0.3) is 0 Å². The lowest BCUT2D eigenvalue weighted by Gasteiger charge is -2.33. The number of hydrogen-bond acceptors (Lipinski definition) is 6. The highest BCUT2D eigenvalue weighted by molar-refractivity contribution is 5.89. The molecule has 9 nitrogen and oxygen atoms in total. The molecule has 3 heterocycles. The first-order chi connectivity index (χ1) is 17.5. The highest BCUT2D eigenvalue weighted by Crippen LogP contribution is 2.31. The number of H-pyrrole nitrogens is 1. The van der Waals surface area contributed by atoms with Gasteiger partial charge in [-0.15, -0.1) is 0 Å². The Bertz CT molecular complexity index is 1230. The second-order valence-electron chi connectivity index (χ2n) is 8.52. The maximum absolute atomic E-state index is 13.9. The van der Waals surface area contributed by atoms with Gasteiger partial charge in [-0.3, -0.25) is 15.3 Å². The third kappa shape index (κ3) is 8.52. The minimum absolute atomic E-state index is 0.00829. The van der Waals surface area contributed by atoms with Crippen molar-refractivity contribution in [1.82, 2.24) is 30.3 Å². The van der Waals surface area contributed by atoms with Crippen LogP contribution in [0.3, 0.4) is 0 Å². The fourth-order valence-electron chi connectivity index (χ4n) is 3.51. The van der Waals surface area contributed by atoms with Gasteiger partial charge in [0.2, 0.25) is 0 Å². The van der Waals surface area contributed by atoms with Crippen molar-refractivity contribution in [3.8, 4) is 11.8 Å². The summed E-state index contributed by atoms with van der Waals surface area (Å²) in [6.45, 7) is 7.96. The van der Waals surface area contributed by atoms with E-state index in [1.807, 2.05) is 11.9 Å². The third-order valence-electron chi connectivity index (χ3n) is 5.51. The molecule has 0 bridgehead atoms. The Balaban J connectivity index is 1.66. The van der Waals surface area contributed by atoms with E-state index < -0.39 is 17.8 Å². The van der Waals surface area contributed by atoms with Crippen molar-refractivity contribution in [3.63, 3.8) is 0 Å². The molecular formula is C25H29F3N8O. The molecule has 0 aromatic carbocycles. The van der Waals surface area contributed by atoms with Crippen molar-refractivity contribution in [2.45, 2.75) is 13.1 Å². The summed E-state index contributed by atoms with van der Waals surface area (Å²) in [7, 11) is 1.97. The standard InChI is InChI=1S/C25H29F3N8O/c1-4-19(16-36-11-9-35(3)10-12-36)21(25(26,27)28)13-17(2)31-24(37)32-23-14-20(33-34-23)7-5-18-6-8-22(29)30-15-18/h4,6,8,13-15H,1,9-12,16H2,2-3H3,(H2,29,30)(H3,31,32,33,34,37)/b17-13+,21-19-. The molecule has 2 aromatic rings. The average molecular weight is 515 g/mol. The normalized spacial score (nSPS) is 15.9. The molecule has 37 heavy (non-hydrogen) atoms. The van der Waals surface area contributed by atoms with E-state index in [4.69, 9.17) is 5.73 Å². The second kappa shape index (κ2) is 12.2. The number of nitrogens with zero attached hydrogens (tertiary/aromatic N) is 4. The van der Waals surface area contributed by atoms with Gasteiger partial charge in [0.1, 0.15) is 11.5 Å². The van der Waals surface area contributed by atoms with Crippen LogP contribution in [0.2, 0.25) is 0 Å². The van der Waals surface area contributed by atoms with Crippen LogP contribution >= 0.6 is 0 Å². The molecule has 5 N–H and O–H groups in total. The molecular weight excluding hydrogens is 485 g/mol. The lowest BCUT2D eigenvalue weighted by Crippen LogP contribution is -2.45. The number of nitrogens with two attached hydrogens (primary N) is 1. The molecule has 0 atom stereocenters. The number of amides is 2. The molecule has 12 heteroatoms. The summed E-state index contributed by atoms with van der Waals surface area (Å²) in [6, 6.07) is 4.07. The Labute approximate surface area is 213 Å². The summed E-state index contributed by atoms with van der Waals surface area (Å²) < 4.78 is 41.7. The fraction of sp³-hybridized carbons (Fsp3) is 0.320. The van der Waals surface area contributed by atoms with Crippen LogP contribution in [0, 0.1) is 11.8 Å². The van der Waals surface area contributed by atoms with E-state index in [-0.39, 0.29) is 23.6 Å². The number of allylic oxidation sites excluding steroid dienone is 3. The Morgan fingerprint density at radius 2 is 2.00 bits per heavy atom. The van der Waals surface area contributed by atoms with Crippen LogP contribution < -0.4 is 16.4 Å². The monoisotopic (exact) mass is 514 g/mol. The number of aromatic nitrogens is 3. The van der Waals surface area contributed by atoms with Gasteiger partial charge in [-0.1, -0.05) is 18.6 Å². The number of alkyl halides is 3. The number of carbonyl (C=O) groups is 1. The average Bonchev–Trinajstić information content (AvgIpc) is 3.28. The maximum Gasteiger partial charge on any atom is 0.416 e. The number of pyridine rings is 1. The van der Waals surface area contributed by atoms with Crippen LogP contribution in [-0.2, 0) is 0 Å². The number of likely N-dealkylation sites (N-methyl/N-ethyl adjacent to an activating group) is 1. The van der Waals surface area contributed by atoms with E-state index >= 15 is 0 Å². The van der Waals surface area contributed by atoms with Crippen LogP contribution in [0.15, 0.2) is 60.0 Å². The zero-order valence-electron chi connectivity index (χ0n) is 20.6. The molecule has 2 aromatic heterocycles. The summed E-state index contributed by atoms with van der Waals surface area (Å²) in [5.41, 5.74) is 5.79. The number of nitrogen functional groups attached to an aromatic ring is 1. The number of rotatable bonds is 6. The van der Waals surface area contributed by atoms with E-state index in [0.717, 1.165) is 19.2 Å². The van der Waals surface area contributed by atoms with Crippen LogP contribution in [0.5, 0.6) is 0 Å². The molecule has 196 valence electrons. The zero-order chi connectivity index (χ0) is 27.0. The van der Waals surface area contributed by atoms with Gasteiger partial charge < -0.3 is 16.0 Å². The van der Waals surface area contributed by atoms with Crippen LogP contribution in [0.1, 0.15) is 18.2 Å². The molecule has 1 aliphatic heterocycles. The third-order valence-corrected chi connectivity index (χ3v) is 5.51. The number of hydrogen-bond donors (Lipinski definition) is 4. The first kappa shape index (κ1) is 27.5. The van der Waals surface area contributed by atoms with Crippen LogP contribution in [0.25, 0.3) is 0 Å². The largest absolute Gasteiger partial charge is 0.416 e. The van der Waals surface area contributed by atoms with Gasteiger partial charge in [-0.25, -0.2) is 9.78 Å². The summed E-state index contributed by atoms with van der Waals surface area (Å²) in [4.78, 5) is 20.4. The summed E-state index contributed by atoms with van der Waals surface area (Å²) in [6.07, 6.45) is -0.967. The van der Waals surface area contributed by atoms with Crippen molar-refractivity contribution in [1.29, 1.82) is 0 Å². The molecule has 0 saturated carbocycles. The molecule has 0 spiro atoms. The van der Waals surface area contributed by atoms with Gasteiger partial charge in [0.05, 0.1) is 5.57 Å². The first-order valence-electron chi connectivity index (χ1n) is 11.4. The number of urea groups is 1. The Morgan fingerprint density at radius 1 is 1.27 bits per heavy atom. The predicted octanol–water partition coefficient (Wildman–Crippen LogP) is 3.10. The molecule has 0 radical (unpaired) electrons. The first-order valence-corrected chi connectivity index (χ1v) is 11.4. The summed E-state index contributed by atoms with van der Waals surface area (Å²) >= 11 is 0. The van der Waals surface area contributed by atoms with Gasteiger partial charge in [-0.2, -0.15) is 18.3 Å². The number of carbonyl (C=O) groups excluding carboxylic acids is 1. The van der Waals surface area contributed by atoms with Crippen molar-refractivity contribution < 1.29 is 18.0 Å². The Morgan fingerprint density at radius 3 is 2.62 bits per heavy atom. The lowest BCUT2D eigenvalue weighted by molar-refractivity contribution is -0.0891. The topological polar surface area (TPSA) is 115 Å². The van der Waals surface area contributed by atoms with E-state index in [1.165, 1.54) is 25.3 Å². The zero-order valence-corrected chi connectivity index (χ0v) is 20.6. The highest BCUT2D eigenvalue weighted by atomic mass is 19.4. The molecule has 0 unspecified atom stereocenters. The SMILES string of the molecule is C=C/C(CN1CCN(C)CC1)=C(\C=C(/C)NC(=O)Nc1cc(C#Cc2ccc(N)nc2)[nH]n1)C(F)(F)F. The van der Waals surface area contributed by atoms with Crippen molar-refractivity contribution in [2.75, 3.05) is 50.8 Å². The second-order valence-corrected chi connectivity index (χ2v) is 8.52. The predicted molar refractivity (Wildman–Crippen MR) is 136 cm³/mol. The smallest absolute Gasteiger partial charge is 0.384 e. The van der Waals surface area contributed by atoms with E-state index in [2.05, 4.69) is 49.1 Å².